The molecule has 2 aromatic carbocycles. The molecule has 0 aromatic heterocycles. The molecule has 0 amide bonds. The number of benzene rings is 2. The molecule has 0 bridgehead atoms. The van der Waals surface area contributed by atoms with Crippen LogP contribution < -0.4 is 4.74 Å². The first-order valence-electron chi connectivity index (χ1n) is 6.94. The van der Waals surface area contributed by atoms with E-state index in [4.69, 9.17) is 16.3 Å². The van der Waals surface area contributed by atoms with Crippen LogP contribution in [0.1, 0.15) is 11.1 Å². The first kappa shape index (κ1) is 17.5. The van der Waals surface area contributed by atoms with Crippen LogP contribution in [0.25, 0.3) is 6.08 Å². The highest BCUT2D eigenvalue weighted by Crippen LogP contribution is 2.24. The summed E-state index contributed by atoms with van der Waals surface area (Å²) in [4.78, 5) is 0. The number of nitrogens with zero attached hydrogens (tertiary/aromatic N) is 1. The predicted octanol–water partition coefficient (Wildman–Crippen LogP) is 3.78. The SMILES string of the molecule is COc1ccc(Cl)cc1CN(C)S(=O)(=O)/C=C/c1ccccc1. The van der Waals surface area contributed by atoms with Crippen molar-refractivity contribution < 1.29 is 13.2 Å². The van der Waals surface area contributed by atoms with Crippen LogP contribution in [0.5, 0.6) is 5.75 Å². The van der Waals surface area contributed by atoms with E-state index in [1.165, 1.54) is 23.9 Å². The molecule has 0 saturated heterocycles. The molecule has 0 spiro atoms. The third kappa shape index (κ3) is 4.82. The van der Waals surface area contributed by atoms with Crippen molar-refractivity contribution in [1.82, 2.24) is 4.31 Å². The van der Waals surface area contributed by atoms with E-state index in [1.54, 1.807) is 24.3 Å². The lowest BCUT2D eigenvalue weighted by Gasteiger charge is -2.17. The minimum Gasteiger partial charge on any atom is -0.496 e. The molecule has 0 aliphatic carbocycles. The molecule has 0 atom stereocenters. The average molecular weight is 352 g/mol. The van der Waals surface area contributed by atoms with Gasteiger partial charge in [-0.15, -0.1) is 0 Å². The zero-order valence-corrected chi connectivity index (χ0v) is 14.5. The van der Waals surface area contributed by atoms with Crippen LogP contribution in [0.15, 0.2) is 53.9 Å². The Morgan fingerprint density at radius 1 is 1.17 bits per heavy atom. The van der Waals surface area contributed by atoms with Crippen LogP contribution in [0, 0.1) is 0 Å². The molecule has 6 heteroatoms. The van der Waals surface area contributed by atoms with Crippen molar-refractivity contribution in [1.29, 1.82) is 0 Å². The van der Waals surface area contributed by atoms with Crippen molar-refractivity contribution in [2.24, 2.45) is 0 Å². The summed E-state index contributed by atoms with van der Waals surface area (Å²) in [5.74, 6) is 0.600. The highest BCUT2D eigenvalue weighted by molar-refractivity contribution is 7.92. The quantitative estimate of drug-likeness (QED) is 0.795. The van der Waals surface area contributed by atoms with Crippen LogP contribution >= 0.6 is 11.6 Å². The molecular weight excluding hydrogens is 334 g/mol. The fourth-order valence-electron chi connectivity index (χ4n) is 2.03. The van der Waals surface area contributed by atoms with Crippen LogP contribution in [-0.4, -0.2) is 26.9 Å². The summed E-state index contributed by atoms with van der Waals surface area (Å²) in [6, 6.07) is 14.4. The molecule has 4 nitrogen and oxygen atoms in total. The van der Waals surface area contributed by atoms with Gasteiger partial charge in [0.05, 0.1) is 7.11 Å². The Balaban J connectivity index is 2.18. The Hall–Kier alpha value is -1.82. The van der Waals surface area contributed by atoms with E-state index in [0.29, 0.717) is 16.3 Å². The van der Waals surface area contributed by atoms with Crippen LogP contribution in [0.3, 0.4) is 0 Å². The van der Waals surface area contributed by atoms with Crippen molar-refractivity contribution in [3.8, 4) is 5.75 Å². The van der Waals surface area contributed by atoms with Gasteiger partial charge in [-0.25, -0.2) is 8.42 Å². The van der Waals surface area contributed by atoms with Gasteiger partial charge in [0, 0.05) is 29.6 Å². The summed E-state index contributed by atoms with van der Waals surface area (Å²) in [5.41, 5.74) is 1.53. The fraction of sp³-hybridized carbons (Fsp3) is 0.176. The van der Waals surface area contributed by atoms with Gasteiger partial charge in [0.15, 0.2) is 0 Å². The second-order valence-electron chi connectivity index (χ2n) is 4.97. The van der Waals surface area contributed by atoms with Gasteiger partial charge < -0.3 is 4.74 Å². The second kappa shape index (κ2) is 7.64. The van der Waals surface area contributed by atoms with E-state index in [1.807, 2.05) is 30.3 Å². The second-order valence-corrected chi connectivity index (χ2v) is 7.33. The molecule has 0 saturated carbocycles. The van der Waals surface area contributed by atoms with E-state index in [-0.39, 0.29) is 6.54 Å². The Morgan fingerprint density at radius 3 is 2.52 bits per heavy atom. The highest BCUT2D eigenvalue weighted by atomic mass is 35.5. The minimum atomic E-state index is -3.54. The van der Waals surface area contributed by atoms with Crippen molar-refractivity contribution in [3.05, 3.63) is 70.1 Å². The summed E-state index contributed by atoms with van der Waals surface area (Å²) in [7, 11) is -0.483. The van der Waals surface area contributed by atoms with Gasteiger partial charge in [-0.05, 0) is 29.8 Å². The lowest BCUT2D eigenvalue weighted by molar-refractivity contribution is 0.399. The molecular formula is C17H18ClNO3S. The molecule has 0 fully saturated rings. The third-order valence-electron chi connectivity index (χ3n) is 3.30. The Bertz CT molecular complexity index is 789. The first-order chi connectivity index (χ1) is 10.9. The van der Waals surface area contributed by atoms with Gasteiger partial charge >= 0.3 is 0 Å². The number of rotatable bonds is 6. The van der Waals surface area contributed by atoms with Gasteiger partial charge in [0.2, 0.25) is 10.0 Å². The number of ether oxygens (including phenoxy) is 1. The molecule has 0 heterocycles. The Kier molecular flexibility index (Phi) is 5.82. The van der Waals surface area contributed by atoms with E-state index in [2.05, 4.69) is 0 Å². The van der Waals surface area contributed by atoms with Gasteiger partial charge in [-0.1, -0.05) is 41.9 Å². The zero-order valence-electron chi connectivity index (χ0n) is 12.9. The maximum Gasteiger partial charge on any atom is 0.236 e. The molecule has 2 aromatic rings. The van der Waals surface area contributed by atoms with E-state index in [9.17, 15) is 8.42 Å². The summed E-state index contributed by atoms with van der Waals surface area (Å²) >= 11 is 5.98. The van der Waals surface area contributed by atoms with Crippen molar-refractivity contribution >= 4 is 27.7 Å². The summed E-state index contributed by atoms with van der Waals surface area (Å²) in [5, 5.41) is 1.73. The van der Waals surface area contributed by atoms with Gasteiger partial charge in [0.25, 0.3) is 0 Å². The lowest BCUT2D eigenvalue weighted by atomic mass is 10.2. The number of hydrogen-bond acceptors (Lipinski definition) is 3. The van der Waals surface area contributed by atoms with Gasteiger partial charge in [0.1, 0.15) is 5.75 Å². The lowest BCUT2D eigenvalue weighted by Crippen LogP contribution is -2.24. The van der Waals surface area contributed by atoms with E-state index >= 15 is 0 Å². The fourth-order valence-corrected chi connectivity index (χ4v) is 3.08. The summed E-state index contributed by atoms with van der Waals surface area (Å²) < 4.78 is 31.2. The maximum absolute atomic E-state index is 12.4. The highest BCUT2D eigenvalue weighted by Gasteiger charge is 2.16. The number of hydrogen-bond donors (Lipinski definition) is 0. The molecule has 0 unspecified atom stereocenters. The van der Waals surface area contributed by atoms with Crippen LogP contribution in [0.2, 0.25) is 5.02 Å². The normalized spacial score (nSPS) is 12.0. The summed E-state index contributed by atoms with van der Waals surface area (Å²) in [6.45, 7) is 0.172. The largest absolute Gasteiger partial charge is 0.496 e. The zero-order chi connectivity index (χ0) is 16.9. The molecule has 0 N–H and O–H groups in total. The number of halogens is 1. The van der Waals surface area contributed by atoms with E-state index in [0.717, 1.165) is 5.56 Å². The average Bonchev–Trinajstić information content (AvgIpc) is 2.54. The molecule has 23 heavy (non-hydrogen) atoms. The smallest absolute Gasteiger partial charge is 0.236 e. The van der Waals surface area contributed by atoms with Crippen molar-refractivity contribution in [2.75, 3.05) is 14.2 Å². The third-order valence-corrected chi connectivity index (χ3v) is 5.01. The van der Waals surface area contributed by atoms with Crippen LogP contribution in [0.4, 0.5) is 0 Å². The summed E-state index contributed by atoms with van der Waals surface area (Å²) in [6.07, 6.45) is 1.57. The van der Waals surface area contributed by atoms with Crippen molar-refractivity contribution in [2.45, 2.75) is 6.54 Å². The Labute approximate surface area is 142 Å². The molecule has 2 rings (SSSR count). The Morgan fingerprint density at radius 2 is 1.87 bits per heavy atom. The van der Waals surface area contributed by atoms with Gasteiger partial charge in [-0.3, -0.25) is 0 Å². The first-order valence-corrected chi connectivity index (χ1v) is 8.82. The minimum absolute atomic E-state index is 0.172. The van der Waals surface area contributed by atoms with Gasteiger partial charge in [-0.2, -0.15) is 4.31 Å². The molecule has 122 valence electrons. The topological polar surface area (TPSA) is 46.6 Å². The van der Waals surface area contributed by atoms with Crippen LogP contribution in [-0.2, 0) is 16.6 Å². The number of methoxy groups -OCH3 is 1. The number of sulfonamides is 1. The maximum atomic E-state index is 12.4. The van der Waals surface area contributed by atoms with E-state index < -0.39 is 10.0 Å². The molecule has 0 aliphatic heterocycles. The molecule has 0 radical (unpaired) electrons. The standard InChI is InChI=1S/C17H18ClNO3S/c1-19(13-15-12-16(18)8-9-17(15)22-2)23(20,21)11-10-14-6-4-3-5-7-14/h3-12H,13H2,1-2H3/b11-10+. The van der Waals surface area contributed by atoms with Crippen molar-refractivity contribution in [3.63, 3.8) is 0 Å². The predicted molar refractivity (Wildman–Crippen MR) is 93.9 cm³/mol. The monoisotopic (exact) mass is 351 g/mol. The molecule has 0 aliphatic rings.